The number of nitrogens with zero attached hydrogens (tertiary/aromatic N) is 2. The normalized spacial score (nSPS) is 31.0. The van der Waals surface area contributed by atoms with Crippen molar-refractivity contribution in [2.75, 3.05) is 0 Å². The zero-order chi connectivity index (χ0) is 24.8. The molecular formula is C27H38N2O5. The van der Waals surface area contributed by atoms with Crippen LogP contribution in [0.15, 0.2) is 42.4 Å². The molecule has 0 saturated carbocycles. The summed E-state index contributed by atoms with van der Waals surface area (Å²) in [5.74, 6) is 0.472. The fourth-order valence-corrected chi connectivity index (χ4v) is 5.34. The second kappa shape index (κ2) is 11.6. The summed E-state index contributed by atoms with van der Waals surface area (Å²) in [5, 5.41) is 10.9. The Balaban J connectivity index is 1.85. The summed E-state index contributed by atoms with van der Waals surface area (Å²) in [5.41, 5.74) is 1.90. The van der Waals surface area contributed by atoms with Gasteiger partial charge in [0.2, 0.25) is 0 Å². The summed E-state index contributed by atoms with van der Waals surface area (Å²) < 4.78 is 13.2. The Morgan fingerprint density at radius 1 is 1.24 bits per heavy atom. The van der Waals surface area contributed by atoms with Crippen LogP contribution in [-0.4, -0.2) is 44.9 Å². The number of aliphatic hydroxyl groups is 1. The first-order valence-corrected chi connectivity index (χ1v) is 12.2. The predicted molar refractivity (Wildman–Crippen MR) is 130 cm³/mol. The zero-order valence-corrected chi connectivity index (χ0v) is 20.9. The lowest BCUT2D eigenvalue weighted by Crippen LogP contribution is -2.40. The van der Waals surface area contributed by atoms with Crippen LogP contribution < -0.4 is 0 Å². The number of rotatable bonds is 5. The van der Waals surface area contributed by atoms with Crippen molar-refractivity contribution in [3.63, 3.8) is 0 Å². The number of aliphatic hydroxyl groups excluding tert-OH is 1. The van der Waals surface area contributed by atoms with Crippen molar-refractivity contribution < 1.29 is 24.2 Å². The molecule has 0 aliphatic heterocycles. The smallest absolute Gasteiger partial charge is 0.331 e. The van der Waals surface area contributed by atoms with Crippen LogP contribution in [0.4, 0.5) is 0 Å². The predicted octanol–water partition coefficient (Wildman–Crippen LogP) is 4.23. The molecule has 1 aromatic rings. The van der Waals surface area contributed by atoms with E-state index in [1.54, 1.807) is 29.2 Å². The maximum atomic E-state index is 12.6. The lowest BCUT2D eigenvalue weighted by molar-refractivity contribution is -0.151. The number of hydrogen-bond acceptors (Lipinski definition) is 6. The minimum absolute atomic E-state index is 0.123. The van der Waals surface area contributed by atoms with Gasteiger partial charge in [0.15, 0.2) is 0 Å². The maximum Gasteiger partial charge on any atom is 0.331 e. The Morgan fingerprint density at radius 2 is 2.00 bits per heavy atom. The van der Waals surface area contributed by atoms with E-state index in [4.69, 9.17) is 9.47 Å². The first kappa shape index (κ1) is 25.9. The molecule has 6 unspecified atom stereocenters. The third-order valence-corrected chi connectivity index (χ3v) is 7.07. The van der Waals surface area contributed by atoms with Gasteiger partial charge in [-0.25, -0.2) is 9.78 Å². The molecule has 0 saturated heterocycles. The second-order valence-electron chi connectivity index (χ2n) is 9.99. The molecule has 1 aromatic heterocycles. The van der Waals surface area contributed by atoms with E-state index in [2.05, 4.69) is 31.8 Å². The van der Waals surface area contributed by atoms with Gasteiger partial charge in [-0.3, -0.25) is 4.79 Å². The van der Waals surface area contributed by atoms with Crippen LogP contribution >= 0.6 is 0 Å². The molecule has 6 atom stereocenters. The van der Waals surface area contributed by atoms with Gasteiger partial charge in [0.25, 0.3) is 0 Å². The van der Waals surface area contributed by atoms with Gasteiger partial charge in [0.05, 0.1) is 12.0 Å². The lowest BCUT2D eigenvalue weighted by Gasteiger charge is -2.43. The molecule has 2 aliphatic carbocycles. The molecular weight excluding hydrogens is 432 g/mol. The number of ether oxygens (including phenoxy) is 2. The molecule has 0 fully saturated rings. The third-order valence-electron chi connectivity index (χ3n) is 7.07. The highest BCUT2D eigenvalue weighted by molar-refractivity contribution is 5.86. The molecule has 0 bridgehead atoms. The highest BCUT2D eigenvalue weighted by Crippen LogP contribution is 2.45. The SMILES string of the molecule is CC(=O)OC1C/C=C\C(O)C(OC(=O)/C=C/c2cn(C)cn2)CC2C(C)=CCC(C(C)C)C2C1. The Hall–Kier alpha value is -2.67. The number of aryl methyl sites for hydroxylation is 1. The highest BCUT2D eigenvalue weighted by atomic mass is 16.6. The second-order valence-corrected chi connectivity index (χ2v) is 9.99. The summed E-state index contributed by atoms with van der Waals surface area (Å²) >= 11 is 0. The van der Waals surface area contributed by atoms with Gasteiger partial charge in [-0.1, -0.05) is 37.6 Å². The quantitative estimate of drug-likeness (QED) is 0.393. The van der Waals surface area contributed by atoms with Gasteiger partial charge in [-0.05, 0) is 55.9 Å². The van der Waals surface area contributed by atoms with Crippen molar-refractivity contribution in [2.45, 2.75) is 71.7 Å². The molecule has 7 heteroatoms. The molecule has 34 heavy (non-hydrogen) atoms. The minimum atomic E-state index is -0.948. The van der Waals surface area contributed by atoms with Gasteiger partial charge in [-0.15, -0.1) is 0 Å². The Morgan fingerprint density at radius 3 is 2.65 bits per heavy atom. The molecule has 0 radical (unpaired) electrons. The average Bonchev–Trinajstić information content (AvgIpc) is 3.18. The van der Waals surface area contributed by atoms with E-state index in [0.717, 1.165) is 12.8 Å². The maximum absolute atomic E-state index is 12.6. The fourth-order valence-electron chi connectivity index (χ4n) is 5.34. The number of carbonyl (C=O) groups excluding carboxylic acids is 2. The Bertz CT molecular complexity index is 945. The molecule has 3 rings (SSSR count). The monoisotopic (exact) mass is 470 g/mol. The first-order chi connectivity index (χ1) is 16.1. The van der Waals surface area contributed by atoms with Crippen LogP contribution in [-0.2, 0) is 26.1 Å². The van der Waals surface area contributed by atoms with Crippen LogP contribution in [0.2, 0.25) is 0 Å². The summed E-state index contributed by atoms with van der Waals surface area (Å²) in [7, 11) is 1.86. The van der Waals surface area contributed by atoms with Gasteiger partial charge >= 0.3 is 11.9 Å². The summed E-state index contributed by atoms with van der Waals surface area (Å²) in [6, 6.07) is 0. The van der Waals surface area contributed by atoms with E-state index in [0.29, 0.717) is 30.4 Å². The first-order valence-electron chi connectivity index (χ1n) is 12.2. The van der Waals surface area contributed by atoms with Gasteiger partial charge in [0.1, 0.15) is 18.3 Å². The van der Waals surface area contributed by atoms with Crippen molar-refractivity contribution in [3.8, 4) is 0 Å². The summed E-state index contributed by atoms with van der Waals surface area (Å²) in [4.78, 5) is 28.5. The average molecular weight is 471 g/mol. The van der Waals surface area contributed by atoms with Gasteiger partial charge in [-0.2, -0.15) is 0 Å². The van der Waals surface area contributed by atoms with Crippen LogP contribution in [0.3, 0.4) is 0 Å². The largest absolute Gasteiger partial charge is 0.462 e. The van der Waals surface area contributed by atoms with Crippen molar-refractivity contribution in [1.82, 2.24) is 9.55 Å². The number of fused-ring (bicyclic) bond motifs is 1. The number of carbonyl (C=O) groups is 2. The fraction of sp³-hybridized carbons (Fsp3) is 0.593. The van der Waals surface area contributed by atoms with E-state index in [9.17, 15) is 14.7 Å². The number of hydrogen-bond donors (Lipinski definition) is 1. The van der Waals surface area contributed by atoms with Crippen LogP contribution in [0.25, 0.3) is 6.08 Å². The molecule has 1 heterocycles. The van der Waals surface area contributed by atoms with Crippen LogP contribution in [0.5, 0.6) is 0 Å². The van der Waals surface area contributed by atoms with Crippen LogP contribution in [0, 0.1) is 23.7 Å². The number of allylic oxidation sites excluding steroid dienone is 2. The van der Waals surface area contributed by atoms with Gasteiger partial charge in [0, 0.05) is 32.7 Å². The topological polar surface area (TPSA) is 90.7 Å². The van der Waals surface area contributed by atoms with E-state index in [1.165, 1.54) is 18.6 Å². The molecule has 1 N–H and O–H groups in total. The lowest BCUT2D eigenvalue weighted by atomic mass is 9.64. The molecule has 0 aromatic carbocycles. The van der Waals surface area contributed by atoms with Crippen molar-refractivity contribution in [2.24, 2.45) is 30.7 Å². The van der Waals surface area contributed by atoms with E-state index < -0.39 is 18.2 Å². The molecule has 2 aliphatic rings. The Kier molecular flexibility index (Phi) is 8.89. The number of imidazole rings is 1. The molecule has 7 nitrogen and oxygen atoms in total. The van der Waals surface area contributed by atoms with Crippen molar-refractivity contribution in [3.05, 3.63) is 48.1 Å². The molecule has 186 valence electrons. The van der Waals surface area contributed by atoms with Crippen molar-refractivity contribution in [1.29, 1.82) is 0 Å². The van der Waals surface area contributed by atoms with Crippen molar-refractivity contribution >= 4 is 18.0 Å². The molecule has 0 spiro atoms. The zero-order valence-electron chi connectivity index (χ0n) is 20.9. The van der Waals surface area contributed by atoms with E-state index in [-0.39, 0.29) is 23.9 Å². The number of aromatic nitrogens is 2. The Labute approximate surface area is 202 Å². The highest BCUT2D eigenvalue weighted by Gasteiger charge is 2.40. The molecule has 0 amide bonds. The summed E-state index contributed by atoms with van der Waals surface area (Å²) in [6.45, 7) is 8.01. The van der Waals surface area contributed by atoms with E-state index >= 15 is 0 Å². The number of esters is 2. The van der Waals surface area contributed by atoms with Crippen LogP contribution in [0.1, 0.15) is 59.1 Å². The minimum Gasteiger partial charge on any atom is -0.462 e. The summed E-state index contributed by atoms with van der Waals surface area (Å²) in [6.07, 6.45) is 13.1. The van der Waals surface area contributed by atoms with E-state index in [1.807, 2.05) is 13.1 Å². The standard InChI is InChI=1S/C27H38N2O5/c1-17(2)22-11-9-18(3)23-14-26(34-27(32)12-10-20-15-29(5)16-28-20)25(31)8-6-7-21(13-24(22)23)33-19(4)30/h6,8-10,12,15-17,21-26,31H,7,11,13-14H2,1-5H3/b8-6-,12-10+. The van der Waals surface area contributed by atoms with Gasteiger partial charge < -0.3 is 19.1 Å². The third kappa shape index (κ3) is 6.92.